The highest BCUT2D eigenvalue weighted by Gasteiger charge is 2.18. The second-order valence-electron chi connectivity index (χ2n) is 6.50. The molecule has 3 rings (SSSR count). The Bertz CT molecular complexity index is 877. The van der Waals surface area contributed by atoms with Crippen molar-refractivity contribution < 1.29 is 14.8 Å². The number of likely N-dealkylation sites (N-methyl/N-ethyl adjacent to an activating group) is 1. The summed E-state index contributed by atoms with van der Waals surface area (Å²) in [6.45, 7) is 1.08. The second-order valence-corrected chi connectivity index (χ2v) is 6.50. The number of carbonyl (C=O) groups is 1. The summed E-state index contributed by atoms with van der Waals surface area (Å²) in [6, 6.07) is 11.8. The first-order chi connectivity index (χ1) is 12.9. The van der Waals surface area contributed by atoms with Crippen molar-refractivity contribution in [2.24, 2.45) is 0 Å². The summed E-state index contributed by atoms with van der Waals surface area (Å²) in [6.07, 6.45) is 3.08. The van der Waals surface area contributed by atoms with Crippen LogP contribution in [0.5, 0.6) is 0 Å². The molecule has 2 aromatic rings. The molecule has 0 aromatic heterocycles. The van der Waals surface area contributed by atoms with Crippen LogP contribution in [-0.4, -0.2) is 36.1 Å². The van der Waals surface area contributed by atoms with Crippen LogP contribution in [0.2, 0.25) is 0 Å². The largest absolute Gasteiger partial charge is 0.387 e. The van der Waals surface area contributed by atoms with Crippen molar-refractivity contribution in [3.05, 3.63) is 75.3 Å². The van der Waals surface area contributed by atoms with E-state index in [1.807, 2.05) is 25.2 Å². The van der Waals surface area contributed by atoms with Crippen LogP contribution >= 0.6 is 0 Å². The maximum atomic E-state index is 11.9. The quantitative estimate of drug-likeness (QED) is 0.464. The zero-order valence-electron chi connectivity index (χ0n) is 15.0. The molecule has 0 aliphatic carbocycles. The van der Waals surface area contributed by atoms with Gasteiger partial charge in [-0.3, -0.25) is 14.9 Å². The Kier molecular flexibility index (Phi) is 5.52. The molecule has 0 bridgehead atoms. The van der Waals surface area contributed by atoms with E-state index in [9.17, 15) is 20.0 Å². The normalized spacial score (nSPS) is 14.2. The Morgan fingerprint density at radius 2 is 2.07 bits per heavy atom. The van der Waals surface area contributed by atoms with Gasteiger partial charge in [-0.1, -0.05) is 12.1 Å². The van der Waals surface area contributed by atoms with Gasteiger partial charge in [-0.05, 0) is 47.4 Å². The summed E-state index contributed by atoms with van der Waals surface area (Å²) < 4.78 is 0. The molecule has 7 heteroatoms. The third kappa shape index (κ3) is 4.51. The first-order valence-corrected chi connectivity index (χ1v) is 8.66. The van der Waals surface area contributed by atoms with E-state index in [1.54, 1.807) is 18.2 Å². The van der Waals surface area contributed by atoms with Gasteiger partial charge in [-0.2, -0.15) is 0 Å². The molecule has 27 heavy (non-hydrogen) atoms. The molecule has 140 valence electrons. The number of aliphatic hydroxyl groups is 1. The lowest BCUT2D eigenvalue weighted by Crippen LogP contribution is -2.26. The number of anilines is 1. The molecular formula is C20H21N3O4. The van der Waals surface area contributed by atoms with Gasteiger partial charge in [-0.15, -0.1) is 0 Å². The molecule has 2 N–H and O–H groups in total. The molecule has 7 nitrogen and oxygen atoms in total. The fraction of sp³-hybridized carbons (Fsp3) is 0.250. The summed E-state index contributed by atoms with van der Waals surface area (Å²) in [5, 5.41) is 23.6. The van der Waals surface area contributed by atoms with Crippen LogP contribution in [0, 0.1) is 10.1 Å². The lowest BCUT2D eigenvalue weighted by molar-refractivity contribution is -0.384. The van der Waals surface area contributed by atoms with Crippen LogP contribution in [0.25, 0.3) is 6.08 Å². The maximum Gasteiger partial charge on any atom is 0.269 e. The van der Waals surface area contributed by atoms with Crippen LogP contribution < -0.4 is 10.2 Å². The Morgan fingerprint density at radius 1 is 1.33 bits per heavy atom. The van der Waals surface area contributed by atoms with Crippen LogP contribution in [0.3, 0.4) is 0 Å². The summed E-state index contributed by atoms with van der Waals surface area (Å²) in [5.74, 6) is -0.340. The molecule has 1 aliphatic heterocycles. The van der Waals surface area contributed by atoms with E-state index in [-0.39, 0.29) is 18.1 Å². The second kappa shape index (κ2) is 8.01. The Labute approximate surface area is 157 Å². The van der Waals surface area contributed by atoms with Gasteiger partial charge in [-0.25, -0.2) is 0 Å². The van der Waals surface area contributed by atoms with Crippen molar-refractivity contribution in [3.8, 4) is 0 Å². The minimum atomic E-state index is -0.780. The molecule has 0 saturated carbocycles. The van der Waals surface area contributed by atoms with Crippen LogP contribution in [0.15, 0.2) is 48.5 Å². The molecule has 1 aliphatic rings. The van der Waals surface area contributed by atoms with E-state index in [2.05, 4.69) is 10.2 Å². The molecule has 1 heterocycles. The lowest BCUT2D eigenvalue weighted by atomic mass is 10.0. The minimum absolute atomic E-state index is 0.000244. The van der Waals surface area contributed by atoms with E-state index in [1.165, 1.54) is 29.5 Å². The molecule has 0 spiro atoms. The highest BCUT2D eigenvalue weighted by molar-refractivity contribution is 5.91. The van der Waals surface area contributed by atoms with E-state index >= 15 is 0 Å². The van der Waals surface area contributed by atoms with E-state index in [0.29, 0.717) is 5.56 Å². The highest BCUT2D eigenvalue weighted by Crippen LogP contribution is 2.29. The van der Waals surface area contributed by atoms with Gasteiger partial charge >= 0.3 is 0 Å². The third-order valence-electron chi connectivity index (χ3n) is 4.62. The Hall–Kier alpha value is -3.19. The smallest absolute Gasteiger partial charge is 0.269 e. The molecule has 2 aromatic carbocycles. The van der Waals surface area contributed by atoms with Crippen LogP contribution in [0.4, 0.5) is 11.4 Å². The summed E-state index contributed by atoms with van der Waals surface area (Å²) >= 11 is 0. The predicted molar refractivity (Wildman–Crippen MR) is 104 cm³/mol. The summed E-state index contributed by atoms with van der Waals surface area (Å²) in [7, 11) is 2.04. The highest BCUT2D eigenvalue weighted by atomic mass is 16.6. The van der Waals surface area contributed by atoms with E-state index in [4.69, 9.17) is 0 Å². The average molecular weight is 367 g/mol. The van der Waals surface area contributed by atoms with Crippen molar-refractivity contribution in [2.75, 3.05) is 25.0 Å². The molecule has 1 unspecified atom stereocenters. The number of rotatable bonds is 6. The van der Waals surface area contributed by atoms with Crippen molar-refractivity contribution in [2.45, 2.75) is 12.5 Å². The zero-order valence-corrected chi connectivity index (χ0v) is 15.0. The Morgan fingerprint density at radius 3 is 2.78 bits per heavy atom. The first kappa shape index (κ1) is 18.6. The Balaban J connectivity index is 1.53. The SMILES string of the molecule is CN1CCc2cc(C(O)CNC(=O)/C=C/c3ccc([N+](=O)[O-])cc3)ccc21. The molecule has 0 saturated heterocycles. The zero-order chi connectivity index (χ0) is 19.4. The standard InChI is InChI=1S/C20H21N3O4/c1-22-11-10-15-12-16(5-8-18(15)22)19(24)13-21-20(25)9-4-14-2-6-17(7-3-14)23(26)27/h2-9,12,19,24H,10-11,13H2,1H3,(H,21,25)/b9-4+. The number of nitro groups is 1. The van der Waals surface area contributed by atoms with E-state index in [0.717, 1.165) is 18.5 Å². The van der Waals surface area contributed by atoms with Gasteiger partial charge in [0.05, 0.1) is 11.0 Å². The van der Waals surface area contributed by atoms with Crippen molar-refractivity contribution >= 4 is 23.4 Å². The fourth-order valence-corrected chi connectivity index (χ4v) is 3.05. The first-order valence-electron chi connectivity index (χ1n) is 8.66. The van der Waals surface area contributed by atoms with Gasteiger partial charge in [0.25, 0.3) is 5.69 Å². The van der Waals surface area contributed by atoms with E-state index < -0.39 is 11.0 Å². The van der Waals surface area contributed by atoms with Crippen molar-refractivity contribution in [3.63, 3.8) is 0 Å². The summed E-state index contributed by atoms with van der Waals surface area (Å²) in [4.78, 5) is 24.3. The third-order valence-corrected chi connectivity index (χ3v) is 4.62. The van der Waals surface area contributed by atoms with Gasteiger partial charge < -0.3 is 15.3 Å². The van der Waals surface area contributed by atoms with Crippen molar-refractivity contribution in [1.29, 1.82) is 0 Å². The number of nitrogens with zero attached hydrogens (tertiary/aromatic N) is 2. The fourth-order valence-electron chi connectivity index (χ4n) is 3.05. The summed E-state index contributed by atoms with van der Waals surface area (Å²) in [5.41, 5.74) is 3.85. The van der Waals surface area contributed by atoms with Gasteiger partial charge in [0, 0.05) is 44.0 Å². The number of non-ortho nitro benzene ring substituents is 1. The van der Waals surface area contributed by atoms with Crippen LogP contribution in [-0.2, 0) is 11.2 Å². The molecular weight excluding hydrogens is 346 g/mol. The molecule has 1 amide bonds. The van der Waals surface area contributed by atoms with Gasteiger partial charge in [0.15, 0.2) is 0 Å². The number of amides is 1. The molecule has 0 fully saturated rings. The van der Waals surface area contributed by atoms with Crippen LogP contribution in [0.1, 0.15) is 22.8 Å². The number of fused-ring (bicyclic) bond motifs is 1. The average Bonchev–Trinajstić information content (AvgIpc) is 3.05. The van der Waals surface area contributed by atoms with Gasteiger partial charge in [0.1, 0.15) is 0 Å². The lowest BCUT2D eigenvalue weighted by Gasteiger charge is -2.15. The van der Waals surface area contributed by atoms with Gasteiger partial charge in [0.2, 0.25) is 5.91 Å². The number of aliphatic hydroxyl groups excluding tert-OH is 1. The number of hydrogen-bond donors (Lipinski definition) is 2. The number of carbonyl (C=O) groups excluding carboxylic acids is 1. The molecule has 1 atom stereocenters. The van der Waals surface area contributed by atoms with Crippen molar-refractivity contribution in [1.82, 2.24) is 5.32 Å². The minimum Gasteiger partial charge on any atom is -0.387 e. The predicted octanol–water partition coefficient (Wildman–Crippen LogP) is 2.45. The molecule has 0 radical (unpaired) electrons. The maximum absolute atomic E-state index is 11.9. The monoisotopic (exact) mass is 367 g/mol. The number of benzene rings is 2. The number of nitrogens with one attached hydrogen (secondary N) is 1. The number of nitro benzene ring substituents is 1. The number of hydrogen-bond acceptors (Lipinski definition) is 5. The topological polar surface area (TPSA) is 95.7 Å².